The summed E-state index contributed by atoms with van der Waals surface area (Å²) in [5, 5.41) is 7.48. The molecule has 0 aliphatic carbocycles. The first-order chi connectivity index (χ1) is 13.5. The molecule has 0 atom stereocenters. The van der Waals surface area contributed by atoms with Gasteiger partial charge in [-0.1, -0.05) is 22.8 Å². The monoisotopic (exact) mass is 426 g/mol. The normalized spacial score (nSPS) is 16.4. The molecule has 3 rings (SSSR count). The number of rotatable bonds is 6. The van der Waals surface area contributed by atoms with Crippen LogP contribution >= 0.6 is 11.6 Å². The molecule has 1 aliphatic rings. The standard InChI is InChI=1S/C17H23ClN6O3S/c1-19-17(20-6-4-14-2-3-16(18)21-12-14)23-7-9-24(10-8-23)28(25,26)13-15-5-11-27-22-15/h2-3,5,11-12H,4,6-10,13H2,1H3,(H,19,20). The molecule has 9 nitrogen and oxygen atoms in total. The molecule has 1 saturated heterocycles. The van der Waals surface area contributed by atoms with E-state index in [1.54, 1.807) is 25.4 Å². The first-order valence-corrected chi connectivity index (χ1v) is 10.9. The highest BCUT2D eigenvalue weighted by Crippen LogP contribution is 2.13. The van der Waals surface area contributed by atoms with Gasteiger partial charge in [0.15, 0.2) is 5.96 Å². The Bertz CT molecular complexity index is 878. The van der Waals surface area contributed by atoms with Crippen molar-refractivity contribution in [2.24, 2.45) is 4.99 Å². The first kappa shape index (κ1) is 20.6. The van der Waals surface area contributed by atoms with E-state index in [1.165, 1.54) is 10.6 Å². The second kappa shape index (κ2) is 9.35. The smallest absolute Gasteiger partial charge is 0.220 e. The molecule has 0 amide bonds. The fourth-order valence-corrected chi connectivity index (χ4v) is 4.51. The molecule has 0 radical (unpaired) electrons. The zero-order valence-electron chi connectivity index (χ0n) is 15.6. The van der Waals surface area contributed by atoms with Gasteiger partial charge in [0.25, 0.3) is 0 Å². The molecule has 1 aliphatic heterocycles. The lowest BCUT2D eigenvalue weighted by Crippen LogP contribution is -2.54. The predicted molar refractivity (Wildman–Crippen MR) is 107 cm³/mol. The summed E-state index contributed by atoms with van der Waals surface area (Å²) in [4.78, 5) is 10.4. The number of sulfonamides is 1. The first-order valence-electron chi connectivity index (χ1n) is 8.91. The highest BCUT2D eigenvalue weighted by atomic mass is 35.5. The molecule has 0 spiro atoms. The number of hydrogen-bond donors (Lipinski definition) is 1. The minimum atomic E-state index is -3.41. The lowest BCUT2D eigenvalue weighted by atomic mass is 10.2. The largest absolute Gasteiger partial charge is 0.364 e. The van der Waals surface area contributed by atoms with E-state index in [9.17, 15) is 8.42 Å². The van der Waals surface area contributed by atoms with Crippen LogP contribution in [-0.2, 0) is 22.2 Å². The third-order valence-corrected chi connectivity index (χ3v) is 6.49. The minimum Gasteiger partial charge on any atom is -0.364 e. The second-order valence-electron chi connectivity index (χ2n) is 6.35. The van der Waals surface area contributed by atoms with Crippen molar-refractivity contribution in [3.63, 3.8) is 0 Å². The van der Waals surface area contributed by atoms with Crippen LogP contribution in [0.5, 0.6) is 0 Å². The molecule has 0 saturated carbocycles. The molecule has 2 aromatic heterocycles. The van der Waals surface area contributed by atoms with Crippen molar-refractivity contribution in [2.45, 2.75) is 12.2 Å². The highest BCUT2D eigenvalue weighted by molar-refractivity contribution is 7.88. The van der Waals surface area contributed by atoms with Crippen LogP contribution in [0.3, 0.4) is 0 Å². The molecule has 0 bridgehead atoms. The number of piperazine rings is 1. The molecular formula is C17H23ClN6O3S. The summed E-state index contributed by atoms with van der Waals surface area (Å²) in [7, 11) is -1.69. The number of nitrogens with zero attached hydrogens (tertiary/aromatic N) is 5. The molecule has 0 aromatic carbocycles. The molecule has 1 N–H and O–H groups in total. The zero-order valence-corrected chi connectivity index (χ0v) is 17.2. The van der Waals surface area contributed by atoms with Crippen molar-refractivity contribution in [2.75, 3.05) is 39.8 Å². The van der Waals surface area contributed by atoms with Gasteiger partial charge in [0, 0.05) is 52.0 Å². The summed E-state index contributed by atoms with van der Waals surface area (Å²) in [5.74, 6) is 0.612. The fourth-order valence-electron chi connectivity index (χ4n) is 2.97. The quantitative estimate of drug-likeness (QED) is 0.417. The number of pyridine rings is 1. The number of halogens is 1. The molecule has 1 fully saturated rings. The van der Waals surface area contributed by atoms with Gasteiger partial charge in [0.05, 0.1) is 5.69 Å². The topological polar surface area (TPSA) is 104 Å². The van der Waals surface area contributed by atoms with Gasteiger partial charge in [-0.15, -0.1) is 0 Å². The van der Waals surface area contributed by atoms with Crippen LogP contribution < -0.4 is 5.32 Å². The third-order valence-electron chi connectivity index (χ3n) is 4.45. The minimum absolute atomic E-state index is 0.147. The van der Waals surface area contributed by atoms with E-state index in [0.717, 1.165) is 17.9 Å². The Morgan fingerprint density at radius 2 is 2.07 bits per heavy atom. The summed E-state index contributed by atoms with van der Waals surface area (Å²) in [5.41, 5.74) is 1.49. The Hall–Kier alpha value is -2.17. The molecule has 3 heterocycles. The van der Waals surface area contributed by atoms with Crippen LogP contribution in [0, 0.1) is 0 Å². The second-order valence-corrected chi connectivity index (χ2v) is 8.70. The van der Waals surface area contributed by atoms with Crippen molar-refractivity contribution in [1.82, 2.24) is 24.7 Å². The van der Waals surface area contributed by atoms with Gasteiger partial charge in [-0.2, -0.15) is 4.31 Å². The average molecular weight is 427 g/mol. The van der Waals surface area contributed by atoms with E-state index in [4.69, 9.17) is 16.1 Å². The predicted octanol–water partition coefficient (Wildman–Crippen LogP) is 0.988. The Morgan fingerprint density at radius 1 is 1.29 bits per heavy atom. The van der Waals surface area contributed by atoms with E-state index < -0.39 is 10.0 Å². The van der Waals surface area contributed by atoms with Gasteiger partial charge < -0.3 is 14.7 Å². The molecule has 11 heteroatoms. The Morgan fingerprint density at radius 3 is 2.68 bits per heavy atom. The van der Waals surface area contributed by atoms with Crippen molar-refractivity contribution in [3.05, 3.63) is 47.1 Å². The summed E-state index contributed by atoms with van der Waals surface area (Å²) in [6.07, 6.45) is 3.92. The average Bonchev–Trinajstić information content (AvgIpc) is 3.19. The number of guanidine groups is 1. The molecule has 28 heavy (non-hydrogen) atoms. The van der Waals surface area contributed by atoms with Gasteiger partial charge in [0.2, 0.25) is 10.0 Å². The highest BCUT2D eigenvalue weighted by Gasteiger charge is 2.28. The van der Waals surface area contributed by atoms with Gasteiger partial charge in [0.1, 0.15) is 17.2 Å². The number of hydrogen-bond acceptors (Lipinski definition) is 6. The Balaban J connectivity index is 1.47. The van der Waals surface area contributed by atoms with Crippen molar-refractivity contribution >= 4 is 27.6 Å². The van der Waals surface area contributed by atoms with Crippen LogP contribution in [0.2, 0.25) is 5.15 Å². The maximum absolute atomic E-state index is 12.5. The maximum atomic E-state index is 12.5. The van der Waals surface area contributed by atoms with Crippen LogP contribution in [-0.4, -0.2) is 73.5 Å². The van der Waals surface area contributed by atoms with E-state index in [2.05, 4.69) is 25.3 Å². The lowest BCUT2D eigenvalue weighted by molar-refractivity contribution is 0.260. The lowest BCUT2D eigenvalue weighted by Gasteiger charge is -2.35. The van der Waals surface area contributed by atoms with E-state index in [0.29, 0.717) is 43.6 Å². The van der Waals surface area contributed by atoms with Crippen LogP contribution in [0.1, 0.15) is 11.3 Å². The SMILES string of the molecule is CN=C(NCCc1ccc(Cl)nc1)N1CCN(S(=O)(=O)Cc2ccon2)CC1. The molecular weight excluding hydrogens is 404 g/mol. The van der Waals surface area contributed by atoms with E-state index in [-0.39, 0.29) is 5.75 Å². The third kappa shape index (κ3) is 5.43. The zero-order chi connectivity index (χ0) is 20.0. The summed E-state index contributed by atoms with van der Waals surface area (Å²) < 4.78 is 31.2. The number of aromatic nitrogens is 2. The van der Waals surface area contributed by atoms with Crippen molar-refractivity contribution in [1.29, 1.82) is 0 Å². The maximum Gasteiger partial charge on any atom is 0.220 e. The van der Waals surface area contributed by atoms with Gasteiger partial charge in [-0.05, 0) is 18.1 Å². The van der Waals surface area contributed by atoms with E-state index in [1.807, 2.05) is 6.07 Å². The number of aliphatic imine (C=N–C) groups is 1. The fraction of sp³-hybridized carbons (Fsp3) is 0.471. The summed E-state index contributed by atoms with van der Waals surface area (Å²) in [6, 6.07) is 5.28. The molecule has 2 aromatic rings. The van der Waals surface area contributed by atoms with Gasteiger partial charge in [-0.25, -0.2) is 13.4 Å². The van der Waals surface area contributed by atoms with Crippen molar-refractivity contribution < 1.29 is 12.9 Å². The van der Waals surface area contributed by atoms with Crippen molar-refractivity contribution in [3.8, 4) is 0 Å². The van der Waals surface area contributed by atoms with Gasteiger partial charge in [-0.3, -0.25) is 4.99 Å². The summed E-state index contributed by atoms with van der Waals surface area (Å²) >= 11 is 5.80. The molecule has 152 valence electrons. The van der Waals surface area contributed by atoms with E-state index >= 15 is 0 Å². The van der Waals surface area contributed by atoms with Crippen LogP contribution in [0.15, 0.2) is 40.2 Å². The Kier molecular flexibility index (Phi) is 6.87. The summed E-state index contributed by atoms with van der Waals surface area (Å²) in [6.45, 7) is 2.64. The van der Waals surface area contributed by atoms with Crippen LogP contribution in [0.25, 0.3) is 0 Å². The molecule has 0 unspecified atom stereocenters. The van der Waals surface area contributed by atoms with Gasteiger partial charge >= 0.3 is 0 Å². The van der Waals surface area contributed by atoms with Crippen LogP contribution in [0.4, 0.5) is 0 Å². The Labute approximate surface area is 169 Å². The number of nitrogens with one attached hydrogen (secondary N) is 1.